The minimum atomic E-state index is -0.382. The van der Waals surface area contributed by atoms with Gasteiger partial charge in [0.1, 0.15) is 5.69 Å². The van der Waals surface area contributed by atoms with Gasteiger partial charge in [0.2, 0.25) is 0 Å². The number of hydrogen-bond donors (Lipinski definition) is 1. The SMILES string of the molecule is CC1(C)CC(Nc2c(Cl)cccc2[N+](=O)[O-])CC(C)(C)C1. The topological polar surface area (TPSA) is 55.2 Å². The van der Waals surface area contributed by atoms with E-state index in [-0.39, 0.29) is 27.5 Å². The van der Waals surface area contributed by atoms with Gasteiger partial charge in [-0.15, -0.1) is 0 Å². The number of para-hydroxylation sites is 1. The Balaban J connectivity index is 2.28. The molecule has 2 rings (SSSR count). The van der Waals surface area contributed by atoms with Crippen LogP contribution in [0.4, 0.5) is 11.4 Å². The number of nitro groups is 1. The molecule has 116 valence electrons. The lowest BCUT2D eigenvalue weighted by Gasteiger charge is -2.45. The zero-order valence-corrected chi connectivity index (χ0v) is 13.8. The number of hydrogen-bond acceptors (Lipinski definition) is 3. The van der Waals surface area contributed by atoms with Gasteiger partial charge >= 0.3 is 0 Å². The second-order valence-electron chi connectivity index (χ2n) is 7.65. The van der Waals surface area contributed by atoms with Crippen LogP contribution in [0.15, 0.2) is 18.2 Å². The summed E-state index contributed by atoms with van der Waals surface area (Å²) in [7, 11) is 0. The summed E-state index contributed by atoms with van der Waals surface area (Å²) in [4.78, 5) is 10.8. The van der Waals surface area contributed by atoms with Crippen molar-refractivity contribution in [2.24, 2.45) is 10.8 Å². The molecule has 1 fully saturated rings. The molecule has 0 atom stereocenters. The Morgan fingerprint density at radius 3 is 2.33 bits per heavy atom. The highest BCUT2D eigenvalue weighted by Crippen LogP contribution is 2.47. The fourth-order valence-corrected chi connectivity index (χ4v) is 4.18. The van der Waals surface area contributed by atoms with Gasteiger partial charge in [0.25, 0.3) is 5.69 Å². The van der Waals surface area contributed by atoms with Crippen molar-refractivity contribution < 1.29 is 4.92 Å². The molecule has 1 saturated carbocycles. The smallest absolute Gasteiger partial charge is 0.293 e. The maximum absolute atomic E-state index is 11.2. The lowest BCUT2D eigenvalue weighted by atomic mass is 9.63. The van der Waals surface area contributed by atoms with E-state index in [1.54, 1.807) is 12.1 Å². The molecule has 4 nitrogen and oxygen atoms in total. The molecule has 0 aliphatic heterocycles. The van der Waals surface area contributed by atoms with Crippen molar-refractivity contribution >= 4 is 23.0 Å². The van der Waals surface area contributed by atoms with Crippen LogP contribution in [0.3, 0.4) is 0 Å². The largest absolute Gasteiger partial charge is 0.375 e. The van der Waals surface area contributed by atoms with Crippen molar-refractivity contribution in [1.29, 1.82) is 0 Å². The van der Waals surface area contributed by atoms with Crippen LogP contribution in [0.1, 0.15) is 47.0 Å². The molecular formula is C16H23ClN2O2. The van der Waals surface area contributed by atoms with Crippen molar-refractivity contribution in [2.75, 3.05) is 5.32 Å². The summed E-state index contributed by atoms with van der Waals surface area (Å²) in [5, 5.41) is 14.9. The molecule has 0 aromatic heterocycles. The number of rotatable bonds is 3. The summed E-state index contributed by atoms with van der Waals surface area (Å²) < 4.78 is 0. The highest BCUT2D eigenvalue weighted by molar-refractivity contribution is 6.33. The average molecular weight is 311 g/mol. The highest BCUT2D eigenvalue weighted by Gasteiger charge is 2.39. The van der Waals surface area contributed by atoms with E-state index < -0.39 is 0 Å². The van der Waals surface area contributed by atoms with Crippen LogP contribution in [0.25, 0.3) is 0 Å². The van der Waals surface area contributed by atoms with E-state index in [0.717, 1.165) is 19.3 Å². The normalized spacial score (nSPS) is 21.0. The van der Waals surface area contributed by atoms with E-state index in [1.807, 2.05) is 0 Å². The molecule has 0 saturated heterocycles. The van der Waals surface area contributed by atoms with Crippen molar-refractivity contribution in [3.8, 4) is 0 Å². The molecule has 1 aromatic carbocycles. The summed E-state index contributed by atoms with van der Waals surface area (Å²) in [5.41, 5.74) is 0.927. The Morgan fingerprint density at radius 1 is 1.24 bits per heavy atom. The van der Waals surface area contributed by atoms with Crippen LogP contribution >= 0.6 is 11.6 Å². The van der Waals surface area contributed by atoms with E-state index >= 15 is 0 Å². The number of anilines is 1. The van der Waals surface area contributed by atoms with E-state index in [2.05, 4.69) is 33.0 Å². The molecule has 21 heavy (non-hydrogen) atoms. The van der Waals surface area contributed by atoms with E-state index in [1.165, 1.54) is 6.07 Å². The van der Waals surface area contributed by atoms with E-state index in [4.69, 9.17) is 11.6 Å². The minimum Gasteiger partial charge on any atom is -0.375 e. The fraction of sp³-hybridized carbons (Fsp3) is 0.625. The molecule has 0 amide bonds. The predicted molar refractivity (Wildman–Crippen MR) is 86.9 cm³/mol. The maximum Gasteiger partial charge on any atom is 0.293 e. The zero-order chi connectivity index (χ0) is 15.8. The molecule has 0 unspecified atom stereocenters. The predicted octanol–water partition coefficient (Wildman–Crippen LogP) is 5.27. The first kappa shape index (κ1) is 16.1. The number of benzene rings is 1. The van der Waals surface area contributed by atoms with Crippen LogP contribution in [-0.4, -0.2) is 11.0 Å². The molecule has 1 aliphatic carbocycles. The Bertz CT molecular complexity index is 539. The molecule has 1 N–H and O–H groups in total. The summed E-state index contributed by atoms with van der Waals surface area (Å²) >= 11 is 6.17. The number of nitrogens with zero attached hydrogens (tertiary/aromatic N) is 1. The molecule has 0 bridgehead atoms. The van der Waals surface area contributed by atoms with Crippen molar-refractivity contribution in [1.82, 2.24) is 0 Å². The molecule has 0 spiro atoms. The van der Waals surface area contributed by atoms with E-state index in [0.29, 0.717) is 10.7 Å². The summed E-state index contributed by atoms with van der Waals surface area (Å²) in [6, 6.07) is 4.99. The first-order valence-corrected chi connectivity index (χ1v) is 7.67. The highest BCUT2D eigenvalue weighted by atomic mass is 35.5. The lowest BCUT2D eigenvalue weighted by molar-refractivity contribution is -0.384. The monoisotopic (exact) mass is 310 g/mol. The second kappa shape index (κ2) is 5.48. The third kappa shape index (κ3) is 3.88. The Morgan fingerprint density at radius 2 is 1.81 bits per heavy atom. The quantitative estimate of drug-likeness (QED) is 0.611. The standard InChI is InChI=1S/C16H23ClN2O2/c1-15(2)8-11(9-16(3,4)10-15)18-14-12(17)6-5-7-13(14)19(20)21/h5-7,11,18H,8-10H2,1-4H3. The van der Waals surface area contributed by atoms with Crippen LogP contribution in [0.2, 0.25) is 5.02 Å². The van der Waals surface area contributed by atoms with Gasteiger partial charge in [-0.3, -0.25) is 10.1 Å². The Kier molecular flexibility index (Phi) is 4.20. The molecule has 5 heteroatoms. The van der Waals surface area contributed by atoms with Gasteiger partial charge in [-0.25, -0.2) is 0 Å². The molecule has 1 aliphatic rings. The van der Waals surface area contributed by atoms with Crippen molar-refractivity contribution in [2.45, 2.75) is 53.0 Å². The number of nitro benzene ring substituents is 1. The maximum atomic E-state index is 11.2. The Labute approximate surface area is 131 Å². The number of nitrogens with one attached hydrogen (secondary N) is 1. The van der Waals surface area contributed by atoms with Crippen LogP contribution < -0.4 is 5.32 Å². The van der Waals surface area contributed by atoms with Crippen molar-refractivity contribution in [3.63, 3.8) is 0 Å². The first-order chi connectivity index (χ1) is 9.60. The minimum absolute atomic E-state index is 0.0451. The number of halogens is 1. The lowest BCUT2D eigenvalue weighted by Crippen LogP contribution is -2.40. The second-order valence-corrected chi connectivity index (χ2v) is 8.05. The van der Waals surface area contributed by atoms with Gasteiger partial charge in [-0.05, 0) is 36.2 Å². The zero-order valence-electron chi connectivity index (χ0n) is 13.1. The van der Waals surface area contributed by atoms with Gasteiger partial charge < -0.3 is 5.32 Å². The molecule has 0 heterocycles. The first-order valence-electron chi connectivity index (χ1n) is 7.29. The molecule has 1 aromatic rings. The van der Waals surface area contributed by atoms with Crippen LogP contribution in [-0.2, 0) is 0 Å². The summed E-state index contributed by atoms with van der Waals surface area (Å²) in [6.07, 6.45) is 3.13. The Hall–Kier alpha value is -1.29. The van der Waals surface area contributed by atoms with Gasteiger partial charge in [-0.2, -0.15) is 0 Å². The van der Waals surface area contributed by atoms with Gasteiger partial charge in [-0.1, -0.05) is 45.4 Å². The van der Waals surface area contributed by atoms with Gasteiger partial charge in [0.05, 0.1) is 9.95 Å². The van der Waals surface area contributed by atoms with Gasteiger partial charge in [0, 0.05) is 12.1 Å². The fourth-order valence-electron chi connectivity index (χ4n) is 3.96. The van der Waals surface area contributed by atoms with Crippen LogP contribution in [0, 0.1) is 20.9 Å². The summed E-state index contributed by atoms with van der Waals surface area (Å²) in [5.74, 6) is 0. The van der Waals surface area contributed by atoms with Gasteiger partial charge in [0.15, 0.2) is 0 Å². The average Bonchev–Trinajstić information content (AvgIpc) is 2.27. The molecular weight excluding hydrogens is 288 g/mol. The summed E-state index contributed by atoms with van der Waals surface area (Å²) in [6.45, 7) is 9.01. The third-order valence-electron chi connectivity index (χ3n) is 4.09. The van der Waals surface area contributed by atoms with Crippen LogP contribution in [0.5, 0.6) is 0 Å². The van der Waals surface area contributed by atoms with E-state index in [9.17, 15) is 10.1 Å². The van der Waals surface area contributed by atoms with Crippen molar-refractivity contribution in [3.05, 3.63) is 33.3 Å². The molecule has 0 radical (unpaired) electrons. The third-order valence-corrected chi connectivity index (χ3v) is 4.41.